The molecule has 90 valence electrons. The van der Waals surface area contributed by atoms with Gasteiger partial charge >= 0.3 is 0 Å². The van der Waals surface area contributed by atoms with Crippen LogP contribution >= 0.6 is 0 Å². The molecule has 2 aliphatic rings. The second-order valence-electron chi connectivity index (χ2n) is 4.66. The van der Waals surface area contributed by atoms with E-state index in [0.29, 0.717) is 19.6 Å². The quantitative estimate of drug-likeness (QED) is 0.767. The summed E-state index contributed by atoms with van der Waals surface area (Å²) in [5.74, 6) is 0.147. The average Bonchev–Trinajstić information content (AvgIpc) is 2.54. The molecule has 1 aromatic rings. The highest BCUT2D eigenvalue weighted by molar-refractivity contribution is 6.00. The Labute approximate surface area is 100 Å². The van der Waals surface area contributed by atoms with E-state index in [9.17, 15) is 4.79 Å². The van der Waals surface area contributed by atoms with Crippen LogP contribution in [0.3, 0.4) is 0 Å². The highest BCUT2D eigenvalue weighted by atomic mass is 16.6. The highest BCUT2D eigenvalue weighted by Gasteiger charge is 2.41. The molecule has 0 saturated carbocycles. The fourth-order valence-corrected chi connectivity index (χ4v) is 2.44. The van der Waals surface area contributed by atoms with Gasteiger partial charge in [0, 0.05) is 19.8 Å². The fourth-order valence-electron chi connectivity index (χ4n) is 2.44. The lowest BCUT2D eigenvalue weighted by molar-refractivity contribution is -0.202. The molecule has 0 unspecified atom stereocenters. The molecule has 0 N–H and O–H groups in total. The Kier molecular flexibility index (Phi) is 2.24. The summed E-state index contributed by atoms with van der Waals surface area (Å²) in [5.41, 5.74) is 2.89. The van der Waals surface area contributed by atoms with Crippen LogP contribution < -0.4 is 4.90 Å². The number of methoxy groups -OCH3 is 1. The van der Waals surface area contributed by atoms with Crippen molar-refractivity contribution < 1.29 is 14.3 Å². The van der Waals surface area contributed by atoms with E-state index in [1.807, 2.05) is 19.2 Å². The molecular formula is C13H15NO3. The predicted octanol–water partition coefficient (Wildman–Crippen LogP) is 1.08. The maximum Gasteiger partial charge on any atom is 0.231 e. The largest absolute Gasteiger partial charge is 0.375 e. The standard InChI is InChI=1S/C13H15NO3/c1-14-11-4-3-10(5-9(11)6-12(14)15)13(16-2)7-17-8-13/h3-5H,6-8H2,1-2H3. The molecule has 1 amide bonds. The van der Waals surface area contributed by atoms with Crippen molar-refractivity contribution in [1.29, 1.82) is 0 Å². The fraction of sp³-hybridized carbons (Fsp3) is 0.462. The number of benzene rings is 1. The predicted molar refractivity (Wildman–Crippen MR) is 63.1 cm³/mol. The minimum absolute atomic E-state index is 0.147. The molecule has 1 saturated heterocycles. The van der Waals surface area contributed by atoms with Gasteiger partial charge in [0.25, 0.3) is 0 Å². The van der Waals surface area contributed by atoms with E-state index >= 15 is 0 Å². The van der Waals surface area contributed by atoms with Crippen molar-refractivity contribution in [3.8, 4) is 0 Å². The first kappa shape index (κ1) is 10.7. The molecule has 0 aromatic heterocycles. The van der Waals surface area contributed by atoms with Crippen molar-refractivity contribution in [2.75, 3.05) is 32.3 Å². The first-order valence-electron chi connectivity index (χ1n) is 5.69. The first-order chi connectivity index (χ1) is 8.16. The number of hydrogen-bond donors (Lipinski definition) is 0. The van der Waals surface area contributed by atoms with Gasteiger partial charge in [-0.1, -0.05) is 12.1 Å². The number of hydrogen-bond acceptors (Lipinski definition) is 3. The number of carbonyl (C=O) groups is 1. The van der Waals surface area contributed by atoms with Crippen LogP contribution in [0.25, 0.3) is 0 Å². The van der Waals surface area contributed by atoms with Crippen LogP contribution in [0.1, 0.15) is 11.1 Å². The van der Waals surface area contributed by atoms with Crippen LogP contribution in [0, 0.1) is 0 Å². The number of amides is 1. The Bertz CT molecular complexity index is 474. The van der Waals surface area contributed by atoms with Crippen molar-refractivity contribution in [2.45, 2.75) is 12.0 Å². The Morgan fingerprint density at radius 1 is 1.41 bits per heavy atom. The molecule has 0 spiro atoms. The summed E-state index contributed by atoms with van der Waals surface area (Å²) in [7, 11) is 3.51. The third-order valence-electron chi connectivity index (χ3n) is 3.74. The van der Waals surface area contributed by atoms with Crippen LogP contribution in [-0.4, -0.2) is 33.3 Å². The molecule has 2 aliphatic heterocycles. The van der Waals surface area contributed by atoms with Gasteiger partial charge in [-0.3, -0.25) is 4.79 Å². The molecule has 17 heavy (non-hydrogen) atoms. The molecule has 0 atom stereocenters. The normalized spacial score (nSPS) is 21.3. The first-order valence-corrected chi connectivity index (χ1v) is 5.69. The zero-order chi connectivity index (χ0) is 12.0. The Morgan fingerprint density at radius 3 is 2.76 bits per heavy atom. The Hall–Kier alpha value is -1.39. The van der Waals surface area contributed by atoms with E-state index in [0.717, 1.165) is 16.8 Å². The summed E-state index contributed by atoms with van der Waals surface area (Å²) in [6, 6.07) is 6.09. The van der Waals surface area contributed by atoms with Gasteiger partial charge in [-0.15, -0.1) is 0 Å². The van der Waals surface area contributed by atoms with E-state index in [-0.39, 0.29) is 11.5 Å². The highest BCUT2D eigenvalue weighted by Crippen LogP contribution is 2.37. The molecule has 0 radical (unpaired) electrons. The van der Waals surface area contributed by atoms with Crippen LogP contribution in [0.5, 0.6) is 0 Å². The molecule has 4 nitrogen and oxygen atoms in total. The smallest absolute Gasteiger partial charge is 0.231 e. The molecule has 0 aliphatic carbocycles. The van der Waals surface area contributed by atoms with Gasteiger partial charge in [-0.25, -0.2) is 0 Å². The molecule has 2 heterocycles. The van der Waals surface area contributed by atoms with Crippen LogP contribution in [0.15, 0.2) is 18.2 Å². The number of nitrogens with zero attached hydrogens (tertiary/aromatic N) is 1. The second kappa shape index (κ2) is 3.55. The molecule has 0 bridgehead atoms. The lowest BCUT2D eigenvalue weighted by atomic mass is 9.90. The molecule has 4 heteroatoms. The second-order valence-corrected chi connectivity index (χ2v) is 4.66. The van der Waals surface area contributed by atoms with E-state index in [1.54, 1.807) is 12.0 Å². The van der Waals surface area contributed by atoms with Gasteiger partial charge in [-0.2, -0.15) is 0 Å². The van der Waals surface area contributed by atoms with Gasteiger partial charge < -0.3 is 14.4 Å². The lowest BCUT2D eigenvalue weighted by Gasteiger charge is -2.40. The molecule has 1 fully saturated rings. The van der Waals surface area contributed by atoms with Crippen molar-refractivity contribution in [2.24, 2.45) is 0 Å². The molecule has 3 rings (SSSR count). The zero-order valence-electron chi connectivity index (χ0n) is 10.0. The Morgan fingerprint density at radius 2 is 2.18 bits per heavy atom. The van der Waals surface area contributed by atoms with Gasteiger partial charge in [0.05, 0.1) is 19.6 Å². The van der Waals surface area contributed by atoms with E-state index in [2.05, 4.69) is 6.07 Å². The van der Waals surface area contributed by atoms with Gasteiger partial charge in [0.2, 0.25) is 5.91 Å². The van der Waals surface area contributed by atoms with E-state index in [1.165, 1.54) is 0 Å². The number of ether oxygens (including phenoxy) is 2. The number of fused-ring (bicyclic) bond motifs is 1. The maximum atomic E-state index is 11.6. The summed E-state index contributed by atoms with van der Waals surface area (Å²) in [4.78, 5) is 13.3. The summed E-state index contributed by atoms with van der Waals surface area (Å²) in [6.45, 7) is 1.18. The molecule has 1 aromatic carbocycles. The van der Waals surface area contributed by atoms with E-state index in [4.69, 9.17) is 9.47 Å². The molecular weight excluding hydrogens is 218 g/mol. The monoisotopic (exact) mass is 233 g/mol. The summed E-state index contributed by atoms with van der Waals surface area (Å²) < 4.78 is 10.8. The third kappa shape index (κ3) is 1.41. The number of carbonyl (C=O) groups excluding carboxylic acids is 1. The minimum atomic E-state index is -0.306. The van der Waals surface area contributed by atoms with Gasteiger partial charge in [0.15, 0.2) is 0 Å². The SMILES string of the molecule is COC1(c2ccc3c(c2)CC(=O)N3C)COC1. The van der Waals surface area contributed by atoms with Crippen molar-refractivity contribution in [1.82, 2.24) is 0 Å². The van der Waals surface area contributed by atoms with Crippen LogP contribution in [-0.2, 0) is 26.3 Å². The van der Waals surface area contributed by atoms with Gasteiger partial charge in [0.1, 0.15) is 5.60 Å². The number of anilines is 1. The lowest BCUT2D eigenvalue weighted by Crippen LogP contribution is -2.48. The third-order valence-corrected chi connectivity index (χ3v) is 3.74. The van der Waals surface area contributed by atoms with Crippen molar-refractivity contribution >= 4 is 11.6 Å². The van der Waals surface area contributed by atoms with Crippen molar-refractivity contribution in [3.63, 3.8) is 0 Å². The van der Waals surface area contributed by atoms with Crippen LogP contribution in [0.4, 0.5) is 5.69 Å². The number of likely N-dealkylation sites (N-methyl/N-ethyl adjacent to an activating group) is 1. The zero-order valence-corrected chi connectivity index (χ0v) is 10.0. The minimum Gasteiger partial charge on any atom is -0.375 e. The summed E-state index contributed by atoms with van der Waals surface area (Å²) in [5, 5.41) is 0. The average molecular weight is 233 g/mol. The Balaban J connectivity index is 2.00. The summed E-state index contributed by atoms with van der Waals surface area (Å²) in [6.07, 6.45) is 0.486. The van der Waals surface area contributed by atoms with E-state index < -0.39 is 0 Å². The summed E-state index contributed by atoms with van der Waals surface area (Å²) >= 11 is 0. The maximum absolute atomic E-state index is 11.6. The number of rotatable bonds is 2. The van der Waals surface area contributed by atoms with Crippen LogP contribution in [0.2, 0.25) is 0 Å². The van der Waals surface area contributed by atoms with Crippen molar-refractivity contribution in [3.05, 3.63) is 29.3 Å². The van der Waals surface area contributed by atoms with Gasteiger partial charge in [-0.05, 0) is 17.2 Å². The topological polar surface area (TPSA) is 38.8 Å².